The van der Waals surface area contributed by atoms with E-state index >= 15 is 0 Å². The fourth-order valence-electron chi connectivity index (χ4n) is 2.19. The molecule has 1 aliphatic heterocycles. The van der Waals surface area contributed by atoms with Crippen LogP contribution in [0, 0.1) is 0 Å². The standard InChI is InChI=1S/C15H18N2O3/c1-2-6-13(7-3-1)18-11-14-9-15(17-20-14)19-10-12-5-4-8-16-12/h1-3,6-7,9,12,16H,4-5,8,10-11H2/t12-/m1/s1. The smallest absolute Gasteiger partial charge is 0.254 e. The molecule has 2 aromatic rings. The number of hydrogen-bond donors (Lipinski definition) is 1. The molecule has 1 aliphatic rings. The van der Waals surface area contributed by atoms with E-state index in [0.717, 1.165) is 18.7 Å². The van der Waals surface area contributed by atoms with Gasteiger partial charge in [-0.2, -0.15) is 0 Å². The summed E-state index contributed by atoms with van der Waals surface area (Å²) < 4.78 is 16.4. The maximum absolute atomic E-state index is 5.60. The van der Waals surface area contributed by atoms with Crippen LogP contribution in [0.25, 0.3) is 0 Å². The highest BCUT2D eigenvalue weighted by Gasteiger charge is 2.15. The van der Waals surface area contributed by atoms with Crippen molar-refractivity contribution in [3.8, 4) is 11.6 Å². The van der Waals surface area contributed by atoms with Crippen molar-refractivity contribution in [2.24, 2.45) is 0 Å². The molecule has 0 amide bonds. The molecule has 1 saturated heterocycles. The van der Waals surface area contributed by atoms with Crippen LogP contribution < -0.4 is 14.8 Å². The third-order valence-electron chi connectivity index (χ3n) is 3.26. The molecule has 106 valence electrons. The van der Waals surface area contributed by atoms with Gasteiger partial charge in [0.2, 0.25) is 0 Å². The summed E-state index contributed by atoms with van der Waals surface area (Å²) in [6.07, 6.45) is 2.37. The number of nitrogens with zero attached hydrogens (tertiary/aromatic N) is 1. The summed E-state index contributed by atoms with van der Waals surface area (Å²) in [5.74, 6) is 1.98. The minimum absolute atomic E-state index is 0.349. The molecule has 20 heavy (non-hydrogen) atoms. The largest absolute Gasteiger partial charge is 0.486 e. The third kappa shape index (κ3) is 3.51. The quantitative estimate of drug-likeness (QED) is 0.876. The van der Waals surface area contributed by atoms with Gasteiger partial charge in [0.15, 0.2) is 5.76 Å². The van der Waals surface area contributed by atoms with Crippen LogP contribution in [0.3, 0.4) is 0 Å². The summed E-state index contributed by atoms with van der Waals surface area (Å²) in [6.45, 7) is 2.05. The predicted molar refractivity (Wildman–Crippen MR) is 73.8 cm³/mol. The molecule has 5 nitrogen and oxygen atoms in total. The van der Waals surface area contributed by atoms with Gasteiger partial charge in [-0.15, -0.1) is 0 Å². The van der Waals surface area contributed by atoms with Crippen LogP contribution in [0.5, 0.6) is 11.6 Å². The molecule has 1 fully saturated rings. The highest BCUT2D eigenvalue weighted by atomic mass is 16.5. The van der Waals surface area contributed by atoms with Crippen LogP contribution in [0.2, 0.25) is 0 Å². The second-order valence-electron chi connectivity index (χ2n) is 4.84. The van der Waals surface area contributed by atoms with Gasteiger partial charge in [0.1, 0.15) is 19.0 Å². The van der Waals surface area contributed by atoms with Gasteiger partial charge < -0.3 is 19.3 Å². The molecule has 0 unspecified atom stereocenters. The number of para-hydroxylation sites is 1. The molecule has 1 atom stereocenters. The first-order chi connectivity index (χ1) is 9.90. The van der Waals surface area contributed by atoms with Crippen molar-refractivity contribution in [1.82, 2.24) is 10.5 Å². The lowest BCUT2D eigenvalue weighted by atomic mass is 10.2. The maximum atomic E-state index is 5.60. The zero-order valence-corrected chi connectivity index (χ0v) is 11.2. The van der Waals surface area contributed by atoms with Gasteiger partial charge in [-0.05, 0) is 36.7 Å². The average Bonchev–Trinajstić information content (AvgIpc) is 3.16. The van der Waals surface area contributed by atoms with Crippen LogP contribution in [0.15, 0.2) is 40.9 Å². The van der Waals surface area contributed by atoms with E-state index in [1.165, 1.54) is 6.42 Å². The Bertz CT molecular complexity index is 521. The minimum atomic E-state index is 0.349. The summed E-state index contributed by atoms with van der Waals surface area (Å²) in [4.78, 5) is 0. The van der Waals surface area contributed by atoms with E-state index in [0.29, 0.717) is 30.9 Å². The van der Waals surface area contributed by atoms with Gasteiger partial charge >= 0.3 is 0 Å². The molecule has 3 rings (SSSR count). The minimum Gasteiger partial charge on any atom is -0.486 e. The lowest BCUT2D eigenvalue weighted by molar-refractivity contribution is 0.230. The molecular weight excluding hydrogens is 256 g/mol. The van der Waals surface area contributed by atoms with E-state index < -0.39 is 0 Å². The van der Waals surface area contributed by atoms with Crippen LogP contribution in [-0.2, 0) is 6.61 Å². The number of hydrogen-bond acceptors (Lipinski definition) is 5. The van der Waals surface area contributed by atoms with E-state index in [4.69, 9.17) is 14.0 Å². The highest BCUT2D eigenvalue weighted by Crippen LogP contribution is 2.16. The molecule has 0 saturated carbocycles. The molecule has 1 aromatic heterocycles. The van der Waals surface area contributed by atoms with Gasteiger partial charge in [-0.25, -0.2) is 0 Å². The first-order valence-electron chi connectivity index (χ1n) is 6.90. The highest BCUT2D eigenvalue weighted by molar-refractivity contribution is 5.21. The monoisotopic (exact) mass is 274 g/mol. The van der Waals surface area contributed by atoms with E-state index in [-0.39, 0.29) is 0 Å². The maximum Gasteiger partial charge on any atom is 0.254 e. The Hall–Kier alpha value is -2.01. The summed E-state index contributed by atoms with van der Waals surface area (Å²) >= 11 is 0. The number of ether oxygens (including phenoxy) is 2. The molecular formula is C15H18N2O3. The molecule has 1 N–H and O–H groups in total. The van der Waals surface area contributed by atoms with Gasteiger partial charge in [-0.3, -0.25) is 0 Å². The van der Waals surface area contributed by atoms with Gasteiger partial charge in [0, 0.05) is 12.1 Å². The van der Waals surface area contributed by atoms with Crippen LogP contribution in [-0.4, -0.2) is 24.4 Å². The topological polar surface area (TPSA) is 56.5 Å². The normalized spacial score (nSPS) is 18.1. The SMILES string of the molecule is c1ccc(OCc2cc(OC[C@H]3CCCN3)no2)cc1. The fraction of sp³-hybridized carbons (Fsp3) is 0.400. The van der Waals surface area contributed by atoms with Crippen LogP contribution in [0.4, 0.5) is 0 Å². The van der Waals surface area contributed by atoms with Crippen molar-refractivity contribution in [2.75, 3.05) is 13.2 Å². The van der Waals surface area contributed by atoms with E-state index in [1.54, 1.807) is 6.07 Å². The van der Waals surface area contributed by atoms with Crippen molar-refractivity contribution in [3.05, 3.63) is 42.2 Å². The van der Waals surface area contributed by atoms with E-state index in [2.05, 4.69) is 10.5 Å². The molecule has 5 heteroatoms. The Kier molecular flexibility index (Phi) is 4.18. The average molecular weight is 274 g/mol. The van der Waals surface area contributed by atoms with Crippen molar-refractivity contribution >= 4 is 0 Å². The van der Waals surface area contributed by atoms with Crippen molar-refractivity contribution in [2.45, 2.75) is 25.5 Å². The van der Waals surface area contributed by atoms with Crippen LogP contribution >= 0.6 is 0 Å². The zero-order chi connectivity index (χ0) is 13.6. The van der Waals surface area contributed by atoms with E-state index in [1.807, 2.05) is 30.3 Å². The van der Waals surface area contributed by atoms with E-state index in [9.17, 15) is 0 Å². The lowest BCUT2D eigenvalue weighted by Gasteiger charge is -2.08. The zero-order valence-electron chi connectivity index (χ0n) is 11.2. The summed E-state index contributed by atoms with van der Waals surface area (Å²) in [5, 5.41) is 7.26. The third-order valence-corrected chi connectivity index (χ3v) is 3.26. The Balaban J connectivity index is 1.46. The number of rotatable bonds is 6. The molecule has 0 spiro atoms. The second-order valence-corrected chi connectivity index (χ2v) is 4.84. The fourth-order valence-corrected chi connectivity index (χ4v) is 2.19. The predicted octanol–water partition coefficient (Wildman–Crippen LogP) is 2.38. The summed E-state index contributed by atoms with van der Waals surface area (Å²) in [5.41, 5.74) is 0. The lowest BCUT2D eigenvalue weighted by Crippen LogP contribution is -2.28. The Morgan fingerprint density at radius 2 is 2.15 bits per heavy atom. The number of aromatic nitrogens is 1. The number of benzene rings is 1. The van der Waals surface area contributed by atoms with Crippen molar-refractivity contribution in [3.63, 3.8) is 0 Å². The van der Waals surface area contributed by atoms with Gasteiger partial charge in [0.25, 0.3) is 5.88 Å². The van der Waals surface area contributed by atoms with Crippen molar-refractivity contribution < 1.29 is 14.0 Å². The second kappa shape index (κ2) is 6.43. The first-order valence-corrected chi connectivity index (χ1v) is 6.90. The van der Waals surface area contributed by atoms with Gasteiger partial charge in [-0.1, -0.05) is 18.2 Å². The van der Waals surface area contributed by atoms with Crippen molar-refractivity contribution in [1.29, 1.82) is 0 Å². The number of nitrogens with one attached hydrogen (secondary N) is 1. The first kappa shape index (κ1) is 13.0. The Labute approximate surface area is 117 Å². The summed E-state index contributed by atoms with van der Waals surface area (Å²) in [7, 11) is 0. The molecule has 0 radical (unpaired) electrons. The Morgan fingerprint density at radius 3 is 2.95 bits per heavy atom. The molecule has 0 aliphatic carbocycles. The summed E-state index contributed by atoms with van der Waals surface area (Å²) in [6, 6.07) is 11.8. The molecule has 1 aromatic carbocycles. The molecule has 0 bridgehead atoms. The Morgan fingerprint density at radius 1 is 1.25 bits per heavy atom. The van der Waals surface area contributed by atoms with Crippen LogP contribution in [0.1, 0.15) is 18.6 Å². The van der Waals surface area contributed by atoms with Gasteiger partial charge in [0.05, 0.1) is 0 Å². The molecule has 2 heterocycles.